The molecule has 1 atom stereocenters. The number of aryl methyl sites for hydroxylation is 2. The maximum atomic E-state index is 3.59. The van der Waals surface area contributed by atoms with Gasteiger partial charge in [0.2, 0.25) is 0 Å². The van der Waals surface area contributed by atoms with E-state index in [9.17, 15) is 0 Å². The highest BCUT2D eigenvalue weighted by atomic mass is 32.1. The number of rotatable bonds is 4. The Labute approximate surface area is 105 Å². The summed E-state index contributed by atoms with van der Waals surface area (Å²) in [6, 6.07) is 2.63. The van der Waals surface area contributed by atoms with Gasteiger partial charge in [-0.15, -0.1) is 11.3 Å². The highest BCUT2D eigenvalue weighted by Gasteiger charge is 2.09. The minimum atomic E-state index is 0.444. The summed E-state index contributed by atoms with van der Waals surface area (Å²) in [6.45, 7) is 7.56. The smallest absolute Gasteiger partial charge is 0.0391 e. The molecule has 2 heterocycles. The molecular formula is C13H17NS2. The zero-order chi connectivity index (χ0) is 11.5. The molecule has 1 unspecified atom stereocenters. The minimum absolute atomic E-state index is 0.444. The van der Waals surface area contributed by atoms with Crippen LogP contribution in [-0.2, 0) is 6.54 Å². The van der Waals surface area contributed by atoms with Crippen LogP contribution in [0.15, 0.2) is 22.2 Å². The van der Waals surface area contributed by atoms with Crippen molar-refractivity contribution in [1.29, 1.82) is 0 Å². The summed E-state index contributed by atoms with van der Waals surface area (Å²) in [5.41, 5.74) is 4.21. The zero-order valence-corrected chi connectivity index (χ0v) is 11.5. The van der Waals surface area contributed by atoms with Gasteiger partial charge in [0.05, 0.1) is 0 Å². The molecule has 1 nitrogen and oxygen atoms in total. The van der Waals surface area contributed by atoms with Crippen LogP contribution in [0.5, 0.6) is 0 Å². The molecule has 0 spiro atoms. The van der Waals surface area contributed by atoms with Crippen LogP contribution in [0, 0.1) is 13.8 Å². The molecule has 2 aromatic heterocycles. The van der Waals surface area contributed by atoms with Crippen LogP contribution >= 0.6 is 22.7 Å². The maximum absolute atomic E-state index is 3.59. The van der Waals surface area contributed by atoms with Gasteiger partial charge in [0.1, 0.15) is 0 Å². The second-order valence-electron chi connectivity index (χ2n) is 4.15. The van der Waals surface area contributed by atoms with Crippen LogP contribution < -0.4 is 5.32 Å². The largest absolute Gasteiger partial charge is 0.305 e. The monoisotopic (exact) mass is 251 g/mol. The molecule has 1 N–H and O–H groups in total. The van der Waals surface area contributed by atoms with E-state index in [1.54, 1.807) is 11.3 Å². The standard InChI is InChI=1S/C13H17NS2/c1-9-4-5-16-13(9)11(3)14-6-12-8-15-7-10(12)2/h4-5,7-8,11,14H,6H2,1-3H3. The SMILES string of the molecule is Cc1cscc1CNC(C)c1sccc1C. The predicted molar refractivity (Wildman–Crippen MR) is 73.4 cm³/mol. The lowest BCUT2D eigenvalue weighted by Crippen LogP contribution is -2.17. The Morgan fingerprint density at radius 2 is 2.06 bits per heavy atom. The van der Waals surface area contributed by atoms with Crippen LogP contribution in [-0.4, -0.2) is 0 Å². The molecule has 0 fully saturated rings. The average molecular weight is 251 g/mol. The average Bonchev–Trinajstić information content (AvgIpc) is 2.84. The highest BCUT2D eigenvalue weighted by molar-refractivity contribution is 7.10. The molecule has 3 heteroatoms. The first kappa shape index (κ1) is 11.8. The molecule has 0 aliphatic heterocycles. The molecule has 0 bridgehead atoms. The van der Waals surface area contributed by atoms with Crippen molar-refractivity contribution in [3.63, 3.8) is 0 Å². The van der Waals surface area contributed by atoms with E-state index in [2.05, 4.69) is 48.3 Å². The molecule has 86 valence electrons. The Balaban J connectivity index is 1.97. The van der Waals surface area contributed by atoms with E-state index in [0.717, 1.165) is 6.54 Å². The van der Waals surface area contributed by atoms with E-state index in [1.165, 1.54) is 21.6 Å². The van der Waals surface area contributed by atoms with E-state index in [0.29, 0.717) is 6.04 Å². The molecular weight excluding hydrogens is 234 g/mol. The minimum Gasteiger partial charge on any atom is -0.305 e. The van der Waals surface area contributed by atoms with E-state index < -0.39 is 0 Å². The molecule has 0 aromatic carbocycles. The summed E-state index contributed by atoms with van der Waals surface area (Å²) in [7, 11) is 0. The van der Waals surface area contributed by atoms with Crippen LogP contribution in [0.2, 0.25) is 0 Å². The van der Waals surface area contributed by atoms with Crippen molar-refractivity contribution in [1.82, 2.24) is 5.32 Å². The van der Waals surface area contributed by atoms with Gasteiger partial charge in [0, 0.05) is 17.5 Å². The van der Waals surface area contributed by atoms with Crippen LogP contribution in [0.4, 0.5) is 0 Å². The molecule has 0 saturated heterocycles. The third kappa shape index (κ3) is 2.54. The Hall–Kier alpha value is -0.640. The number of hydrogen-bond acceptors (Lipinski definition) is 3. The molecule has 0 amide bonds. The third-order valence-corrected chi connectivity index (χ3v) is 4.97. The first-order valence-corrected chi connectivity index (χ1v) is 7.29. The summed E-state index contributed by atoms with van der Waals surface area (Å²) >= 11 is 3.62. The van der Waals surface area contributed by atoms with E-state index in [1.807, 2.05) is 11.3 Å². The van der Waals surface area contributed by atoms with Crippen molar-refractivity contribution in [2.45, 2.75) is 33.4 Å². The Morgan fingerprint density at radius 3 is 2.62 bits per heavy atom. The second kappa shape index (κ2) is 5.13. The summed E-state index contributed by atoms with van der Waals surface area (Å²) < 4.78 is 0. The summed E-state index contributed by atoms with van der Waals surface area (Å²) in [5, 5.41) is 10.2. The zero-order valence-electron chi connectivity index (χ0n) is 9.91. The first-order valence-electron chi connectivity index (χ1n) is 5.47. The van der Waals surface area contributed by atoms with Crippen molar-refractivity contribution in [2.75, 3.05) is 0 Å². The number of thiophene rings is 2. The molecule has 0 aliphatic rings. The molecule has 0 saturated carbocycles. The fraction of sp³-hybridized carbons (Fsp3) is 0.385. The van der Waals surface area contributed by atoms with Crippen molar-refractivity contribution < 1.29 is 0 Å². The van der Waals surface area contributed by atoms with Gasteiger partial charge in [-0.05, 0) is 59.7 Å². The van der Waals surface area contributed by atoms with Crippen LogP contribution in [0.25, 0.3) is 0 Å². The molecule has 2 aromatic rings. The van der Waals surface area contributed by atoms with Crippen molar-refractivity contribution >= 4 is 22.7 Å². The highest BCUT2D eigenvalue weighted by Crippen LogP contribution is 2.24. The first-order chi connectivity index (χ1) is 7.68. The fourth-order valence-corrected chi connectivity index (χ4v) is 3.57. The van der Waals surface area contributed by atoms with Gasteiger partial charge < -0.3 is 5.32 Å². The lowest BCUT2D eigenvalue weighted by molar-refractivity contribution is 0.580. The second-order valence-corrected chi connectivity index (χ2v) is 5.84. The lowest BCUT2D eigenvalue weighted by atomic mass is 10.1. The van der Waals surface area contributed by atoms with Gasteiger partial charge in [-0.25, -0.2) is 0 Å². The lowest BCUT2D eigenvalue weighted by Gasteiger charge is -2.13. The topological polar surface area (TPSA) is 12.0 Å². The quantitative estimate of drug-likeness (QED) is 0.855. The van der Waals surface area contributed by atoms with Gasteiger partial charge in [-0.3, -0.25) is 0 Å². The van der Waals surface area contributed by atoms with Gasteiger partial charge in [0.25, 0.3) is 0 Å². The third-order valence-electron chi connectivity index (χ3n) is 2.86. The predicted octanol–water partition coefficient (Wildman–Crippen LogP) is 4.28. The van der Waals surface area contributed by atoms with E-state index in [-0.39, 0.29) is 0 Å². The summed E-state index contributed by atoms with van der Waals surface area (Å²) in [5.74, 6) is 0. The normalized spacial score (nSPS) is 12.9. The van der Waals surface area contributed by atoms with Crippen LogP contribution in [0.1, 0.15) is 34.5 Å². The van der Waals surface area contributed by atoms with Crippen molar-refractivity contribution in [2.24, 2.45) is 0 Å². The van der Waals surface area contributed by atoms with E-state index >= 15 is 0 Å². The summed E-state index contributed by atoms with van der Waals surface area (Å²) in [4.78, 5) is 1.45. The van der Waals surface area contributed by atoms with Gasteiger partial charge in [-0.1, -0.05) is 0 Å². The molecule has 16 heavy (non-hydrogen) atoms. The molecule has 0 radical (unpaired) electrons. The Kier molecular flexibility index (Phi) is 3.79. The fourth-order valence-electron chi connectivity index (χ4n) is 1.75. The Bertz CT molecular complexity index is 456. The molecule has 2 rings (SSSR count). The number of hydrogen-bond donors (Lipinski definition) is 1. The van der Waals surface area contributed by atoms with Crippen molar-refractivity contribution in [3.8, 4) is 0 Å². The van der Waals surface area contributed by atoms with Gasteiger partial charge in [0.15, 0.2) is 0 Å². The Morgan fingerprint density at radius 1 is 1.25 bits per heavy atom. The van der Waals surface area contributed by atoms with Crippen LogP contribution in [0.3, 0.4) is 0 Å². The van der Waals surface area contributed by atoms with Gasteiger partial charge in [-0.2, -0.15) is 11.3 Å². The maximum Gasteiger partial charge on any atom is 0.0391 e. The van der Waals surface area contributed by atoms with Crippen molar-refractivity contribution in [3.05, 3.63) is 43.8 Å². The summed E-state index contributed by atoms with van der Waals surface area (Å²) in [6.07, 6.45) is 0. The van der Waals surface area contributed by atoms with E-state index in [4.69, 9.17) is 0 Å². The van der Waals surface area contributed by atoms with Gasteiger partial charge >= 0.3 is 0 Å². The molecule has 0 aliphatic carbocycles. The number of nitrogens with one attached hydrogen (secondary N) is 1.